The first kappa shape index (κ1) is 16.4. The molecule has 0 aromatic heterocycles. The van der Waals surface area contributed by atoms with Gasteiger partial charge < -0.3 is 10.4 Å². The molecule has 0 aliphatic rings. The topological polar surface area (TPSA) is 69.6 Å². The Balaban J connectivity index is 4.84. The SMILES string of the molecule is C=CCN(CC=C)C(C)(C)C(=O)NC(C)C(=O)O. The van der Waals surface area contributed by atoms with E-state index in [1.165, 1.54) is 6.92 Å². The van der Waals surface area contributed by atoms with Gasteiger partial charge in [0.1, 0.15) is 6.04 Å². The van der Waals surface area contributed by atoms with E-state index in [0.717, 1.165) is 0 Å². The summed E-state index contributed by atoms with van der Waals surface area (Å²) in [5.41, 5.74) is -0.827. The van der Waals surface area contributed by atoms with Gasteiger partial charge in [0.05, 0.1) is 5.54 Å². The van der Waals surface area contributed by atoms with E-state index in [9.17, 15) is 9.59 Å². The quantitative estimate of drug-likeness (QED) is 0.635. The molecule has 0 rings (SSSR count). The monoisotopic (exact) mass is 254 g/mol. The highest BCUT2D eigenvalue weighted by atomic mass is 16.4. The maximum absolute atomic E-state index is 12.1. The Morgan fingerprint density at radius 2 is 1.78 bits per heavy atom. The summed E-state index contributed by atoms with van der Waals surface area (Å²) < 4.78 is 0. The van der Waals surface area contributed by atoms with E-state index in [0.29, 0.717) is 13.1 Å². The van der Waals surface area contributed by atoms with Gasteiger partial charge in [-0.2, -0.15) is 0 Å². The van der Waals surface area contributed by atoms with Crippen molar-refractivity contribution in [2.75, 3.05) is 13.1 Å². The summed E-state index contributed by atoms with van der Waals surface area (Å²) in [7, 11) is 0. The van der Waals surface area contributed by atoms with Crippen LogP contribution < -0.4 is 5.32 Å². The molecule has 0 aromatic rings. The number of hydrogen-bond acceptors (Lipinski definition) is 3. The highest BCUT2D eigenvalue weighted by Crippen LogP contribution is 2.15. The van der Waals surface area contributed by atoms with E-state index >= 15 is 0 Å². The highest BCUT2D eigenvalue weighted by molar-refractivity contribution is 5.89. The fourth-order valence-electron chi connectivity index (χ4n) is 1.42. The summed E-state index contributed by atoms with van der Waals surface area (Å²) in [5, 5.41) is 11.2. The van der Waals surface area contributed by atoms with Crippen LogP contribution >= 0.6 is 0 Å². The molecule has 0 saturated heterocycles. The molecule has 0 spiro atoms. The number of aliphatic carboxylic acids is 1. The molecule has 0 aliphatic carbocycles. The minimum atomic E-state index is -1.06. The van der Waals surface area contributed by atoms with Crippen LogP contribution in [0.1, 0.15) is 20.8 Å². The lowest BCUT2D eigenvalue weighted by molar-refractivity contribution is -0.143. The Morgan fingerprint density at radius 1 is 1.33 bits per heavy atom. The van der Waals surface area contributed by atoms with Gasteiger partial charge in [-0.05, 0) is 20.8 Å². The zero-order valence-electron chi connectivity index (χ0n) is 11.3. The van der Waals surface area contributed by atoms with Crippen LogP contribution in [-0.4, -0.2) is 46.6 Å². The molecule has 0 saturated carbocycles. The first-order chi connectivity index (χ1) is 8.27. The molecule has 102 valence electrons. The lowest BCUT2D eigenvalue weighted by Gasteiger charge is -2.36. The molecular formula is C13H22N2O3. The fourth-order valence-corrected chi connectivity index (χ4v) is 1.42. The van der Waals surface area contributed by atoms with Crippen molar-refractivity contribution in [3.8, 4) is 0 Å². The van der Waals surface area contributed by atoms with Gasteiger partial charge in [-0.15, -0.1) is 13.2 Å². The fraction of sp³-hybridized carbons (Fsp3) is 0.538. The number of carbonyl (C=O) groups excluding carboxylic acids is 1. The largest absolute Gasteiger partial charge is 0.480 e. The van der Waals surface area contributed by atoms with Gasteiger partial charge in [0.15, 0.2) is 0 Å². The van der Waals surface area contributed by atoms with Crippen molar-refractivity contribution in [2.24, 2.45) is 0 Å². The van der Waals surface area contributed by atoms with Gasteiger partial charge in [-0.25, -0.2) is 0 Å². The van der Waals surface area contributed by atoms with E-state index in [1.807, 2.05) is 4.90 Å². The predicted octanol–water partition coefficient (Wildman–Crippen LogP) is 1.03. The van der Waals surface area contributed by atoms with Gasteiger partial charge in [0.2, 0.25) is 5.91 Å². The third-order valence-electron chi connectivity index (χ3n) is 2.76. The molecule has 1 atom stereocenters. The van der Waals surface area contributed by atoms with Crippen molar-refractivity contribution in [1.82, 2.24) is 10.2 Å². The summed E-state index contributed by atoms with van der Waals surface area (Å²) in [6.07, 6.45) is 3.39. The first-order valence-corrected chi connectivity index (χ1v) is 5.78. The number of carboxylic acids is 1. The summed E-state index contributed by atoms with van der Waals surface area (Å²) in [6.45, 7) is 13.2. The standard InChI is InChI=1S/C13H22N2O3/c1-6-8-15(9-7-2)13(4,5)12(18)14-10(3)11(16)17/h6-7,10H,1-2,8-9H2,3-5H3,(H,14,18)(H,16,17). The molecule has 1 amide bonds. The molecule has 5 heteroatoms. The third-order valence-corrected chi connectivity index (χ3v) is 2.76. The minimum Gasteiger partial charge on any atom is -0.480 e. The second-order valence-corrected chi connectivity index (χ2v) is 4.57. The van der Waals surface area contributed by atoms with Crippen LogP contribution in [0.2, 0.25) is 0 Å². The van der Waals surface area contributed by atoms with Gasteiger partial charge in [0, 0.05) is 13.1 Å². The number of carbonyl (C=O) groups is 2. The molecule has 1 unspecified atom stereocenters. The van der Waals surface area contributed by atoms with Crippen LogP contribution in [0.5, 0.6) is 0 Å². The Labute approximate surface area is 108 Å². The lowest BCUT2D eigenvalue weighted by atomic mass is 10.0. The normalized spacial score (nSPS) is 12.9. The molecular weight excluding hydrogens is 232 g/mol. The van der Waals surface area contributed by atoms with E-state index in [-0.39, 0.29) is 5.91 Å². The third kappa shape index (κ3) is 4.33. The van der Waals surface area contributed by atoms with E-state index < -0.39 is 17.6 Å². The van der Waals surface area contributed by atoms with E-state index in [4.69, 9.17) is 5.11 Å². The van der Waals surface area contributed by atoms with Crippen molar-refractivity contribution in [2.45, 2.75) is 32.4 Å². The smallest absolute Gasteiger partial charge is 0.325 e. The minimum absolute atomic E-state index is 0.332. The number of amides is 1. The van der Waals surface area contributed by atoms with Gasteiger partial charge >= 0.3 is 5.97 Å². The van der Waals surface area contributed by atoms with Crippen LogP contribution in [0.25, 0.3) is 0 Å². The van der Waals surface area contributed by atoms with Crippen molar-refractivity contribution in [3.63, 3.8) is 0 Å². The van der Waals surface area contributed by atoms with Crippen LogP contribution in [0.15, 0.2) is 25.3 Å². The molecule has 0 fully saturated rings. The lowest BCUT2D eigenvalue weighted by Crippen LogP contribution is -2.57. The van der Waals surface area contributed by atoms with Crippen molar-refractivity contribution in [3.05, 3.63) is 25.3 Å². The average Bonchev–Trinajstić information content (AvgIpc) is 2.28. The van der Waals surface area contributed by atoms with Crippen molar-refractivity contribution >= 4 is 11.9 Å². The molecule has 0 heterocycles. The predicted molar refractivity (Wildman–Crippen MR) is 71.3 cm³/mol. The average molecular weight is 254 g/mol. The van der Waals surface area contributed by atoms with E-state index in [1.54, 1.807) is 26.0 Å². The summed E-state index contributed by atoms with van der Waals surface area (Å²) >= 11 is 0. The van der Waals surface area contributed by atoms with Gasteiger partial charge in [0.25, 0.3) is 0 Å². The molecule has 0 aromatic carbocycles. The Kier molecular flexibility index (Phi) is 6.33. The number of hydrogen-bond donors (Lipinski definition) is 2. The number of nitrogens with one attached hydrogen (secondary N) is 1. The second-order valence-electron chi connectivity index (χ2n) is 4.57. The van der Waals surface area contributed by atoms with Crippen molar-refractivity contribution in [1.29, 1.82) is 0 Å². The molecule has 5 nitrogen and oxygen atoms in total. The number of carboxylic acid groups (broad SMARTS) is 1. The Bertz CT molecular complexity index is 327. The maximum Gasteiger partial charge on any atom is 0.325 e. The molecule has 0 radical (unpaired) electrons. The van der Waals surface area contributed by atoms with Crippen LogP contribution in [0.4, 0.5) is 0 Å². The van der Waals surface area contributed by atoms with Crippen LogP contribution in [0, 0.1) is 0 Å². The van der Waals surface area contributed by atoms with E-state index in [2.05, 4.69) is 18.5 Å². The number of nitrogens with zero attached hydrogens (tertiary/aromatic N) is 1. The maximum atomic E-state index is 12.1. The summed E-state index contributed by atoms with van der Waals surface area (Å²) in [6, 6.07) is -0.911. The number of rotatable bonds is 8. The Hall–Kier alpha value is -1.62. The van der Waals surface area contributed by atoms with Crippen molar-refractivity contribution < 1.29 is 14.7 Å². The second kappa shape index (κ2) is 6.96. The first-order valence-electron chi connectivity index (χ1n) is 5.78. The summed E-state index contributed by atoms with van der Waals surface area (Å²) in [5.74, 6) is -1.39. The molecule has 18 heavy (non-hydrogen) atoms. The van der Waals surface area contributed by atoms with Gasteiger partial charge in [-0.3, -0.25) is 14.5 Å². The molecule has 2 N–H and O–H groups in total. The zero-order chi connectivity index (χ0) is 14.3. The Morgan fingerprint density at radius 3 is 2.11 bits per heavy atom. The summed E-state index contributed by atoms with van der Waals surface area (Å²) in [4.78, 5) is 24.7. The van der Waals surface area contributed by atoms with Crippen LogP contribution in [0.3, 0.4) is 0 Å². The van der Waals surface area contributed by atoms with Crippen LogP contribution in [-0.2, 0) is 9.59 Å². The highest BCUT2D eigenvalue weighted by Gasteiger charge is 2.34. The molecule has 0 bridgehead atoms. The van der Waals surface area contributed by atoms with Gasteiger partial charge in [-0.1, -0.05) is 12.2 Å². The zero-order valence-corrected chi connectivity index (χ0v) is 11.3. The molecule has 0 aliphatic heterocycles.